The van der Waals surface area contributed by atoms with Gasteiger partial charge >= 0.3 is 0 Å². The van der Waals surface area contributed by atoms with Gasteiger partial charge in [-0.25, -0.2) is 0 Å². The van der Waals surface area contributed by atoms with Crippen LogP contribution < -0.4 is 4.90 Å². The number of carbonyl (C=O) groups excluding carboxylic acids is 2. The third-order valence-electron chi connectivity index (χ3n) is 4.15. The quantitative estimate of drug-likeness (QED) is 0.808. The molecule has 0 radical (unpaired) electrons. The van der Waals surface area contributed by atoms with Gasteiger partial charge in [-0.05, 0) is 17.7 Å². The van der Waals surface area contributed by atoms with E-state index in [0.29, 0.717) is 17.7 Å². The van der Waals surface area contributed by atoms with Crippen LogP contribution in [0.1, 0.15) is 29.3 Å². The van der Waals surface area contributed by atoms with Crippen LogP contribution in [0, 0.1) is 0 Å². The topological polar surface area (TPSA) is 37.4 Å². The Kier molecular flexibility index (Phi) is 3.41. The highest BCUT2D eigenvalue weighted by Gasteiger charge is 2.53. The number of nitrogens with zero attached hydrogens (tertiary/aromatic N) is 1. The first kappa shape index (κ1) is 14.3. The van der Waals surface area contributed by atoms with E-state index in [4.69, 9.17) is 0 Å². The zero-order chi connectivity index (χ0) is 15.7. The summed E-state index contributed by atoms with van der Waals surface area (Å²) in [6, 6.07) is 16.7. The Labute approximate surface area is 129 Å². The number of benzene rings is 2. The fourth-order valence-corrected chi connectivity index (χ4v) is 3.31. The number of carbonyl (C=O) groups is 2. The maximum Gasteiger partial charge on any atom is 0.225 e. The van der Waals surface area contributed by atoms with E-state index in [-0.39, 0.29) is 11.7 Å². The van der Waals surface area contributed by atoms with Crippen LogP contribution in [0.3, 0.4) is 0 Å². The van der Waals surface area contributed by atoms with Crippen molar-refractivity contribution >= 4 is 17.4 Å². The second-order valence-corrected chi connectivity index (χ2v) is 5.42. The molecule has 1 atom stereocenters. The number of hydrogen-bond acceptors (Lipinski definition) is 2. The Morgan fingerprint density at radius 1 is 1.14 bits per heavy atom. The van der Waals surface area contributed by atoms with Crippen LogP contribution in [-0.4, -0.2) is 11.7 Å². The van der Waals surface area contributed by atoms with Gasteiger partial charge in [-0.1, -0.05) is 48.5 Å². The molecule has 110 valence electrons. The molecule has 3 rings (SSSR count). The van der Waals surface area contributed by atoms with Gasteiger partial charge in [0.1, 0.15) is 5.54 Å². The van der Waals surface area contributed by atoms with Crippen molar-refractivity contribution < 1.29 is 9.59 Å². The molecule has 0 saturated heterocycles. The van der Waals surface area contributed by atoms with Crippen LogP contribution >= 0.6 is 0 Å². The largest absolute Gasteiger partial charge is 0.294 e. The van der Waals surface area contributed by atoms with Gasteiger partial charge in [0.15, 0.2) is 5.78 Å². The summed E-state index contributed by atoms with van der Waals surface area (Å²) < 4.78 is 0. The van der Waals surface area contributed by atoms with E-state index in [2.05, 4.69) is 6.58 Å². The molecule has 1 heterocycles. The lowest BCUT2D eigenvalue weighted by Crippen LogP contribution is -2.49. The average molecular weight is 291 g/mol. The molecule has 2 aromatic carbocycles. The second kappa shape index (κ2) is 5.26. The van der Waals surface area contributed by atoms with E-state index in [0.717, 1.165) is 5.56 Å². The van der Waals surface area contributed by atoms with Gasteiger partial charge in [0, 0.05) is 18.9 Å². The third-order valence-corrected chi connectivity index (χ3v) is 4.15. The highest BCUT2D eigenvalue weighted by molar-refractivity contribution is 6.20. The van der Waals surface area contributed by atoms with Crippen LogP contribution in [0.2, 0.25) is 0 Å². The second-order valence-electron chi connectivity index (χ2n) is 5.42. The number of para-hydroxylation sites is 1. The molecule has 2 aromatic rings. The number of rotatable bonds is 3. The summed E-state index contributed by atoms with van der Waals surface area (Å²) in [6.45, 7) is 5.29. The van der Waals surface area contributed by atoms with Crippen molar-refractivity contribution in [3.05, 3.63) is 78.4 Å². The number of fused-ring (bicyclic) bond motifs is 1. The minimum absolute atomic E-state index is 0.0515. The van der Waals surface area contributed by atoms with E-state index >= 15 is 0 Å². The first-order valence-electron chi connectivity index (χ1n) is 7.24. The van der Waals surface area contributed by atoms with Crippen LogP contribution in [-0.2, 0) is 10.3 Å². The minimum Gasteiger partial charge on any atom is -0.294 e. The standard InChI is InChI=1S/C19H17NO2/c1-3-13-19(15-9-5-4-6-10-15)18(22)16-11-7-8-12-17(16)20(19)14(2)21/h3-12H,1,13H2,2H3/t19-/m1/s1. The predicted molar refractivity (Wildman–Crippen MR) is 86.9 cm³/mol. The van der Waals surface area contributed by atoms with Gasteiger partial charge in [-0.15, -0.1) is 6.58 Å². The molecule has 22 heavy (non-hydrogen) atoms. The number of ketones is 1. The zero-order valence-electron chi connectivity index (χ0n) is 12.5. The van der Waals surface area contributed by atoms with Crippen molar-refractivity contribution in [1.29, 1.82) is 0 Å². The fraction of sp³-hybridized carbons (Fsp3) is 0.158. The molecule has 1 aliphatic rings. The van der Waals surface area contributed by atoms with Crippen LogP contribution in [0.5, 0.6) is 0 Å². The summed E-state index contributed by atoms with van der Waals surface area (Å²) in [5.41, 5.74) is 1.04. The van der Waals surface area contributed by atoms with E-state index in [1.165, 1.54) is 6.92 Å². The average Bonchev–Trinajstić information content (AvgIpc) is 2.79. The van der Waals surface area contributed by atoms with Gasteiger partial charge in [-0.2, -0.15) is 0 Å². The SMILES string of the molecule is C=CC[C@@]1(c2ccccc2)C(=O)c2ccccc2N1C(C)=O. The molecule has 1 aliphatic heterocycles. The molecule has 0 aliphatic carbocycles. The van der Waals surface area contributed by atoms with Crippen LogP contribution in [0.4, 0.5) is 5.69 Å². The van der Waals surface area contributed by atoms with Gasteiger partial charge in [0.25, 0.3) is 0 Å². The van der Waals surface area contributed by atoms with E-state index in [9.17, 15) is 9.59 Å². The molecular formula is C19H17NO2. The highest BCUT2D eigenvalue weighted by Crippen LogP contribution is 2.47. The Morgan fingerprint density at radius 2 is 1.77 bits per heavy atom. The molecule has 3 heteroatoms. The summed E-state index contributed by atoms with van der Waals surface area (Å²) in [5.74, 6) is -0.201. The summed E-state index contributed by atoms with van der Waals surface area (Å²) in [7, 11) is 0. The molecule has 3 nitrogen and oxygen atoms in total. The molecule has 0 spiro atoms. The maximum atomic E-state index is 13.2. The van der Waals surface area contributed by atoms with Gasteiger partial charge in [-0.3, -0.25) is 14.5 Å². The molecule has 0 aromatic heterocycles. The fourth-order valence-electron chi connectivity index (χ4n) is 3.31. The lowest BCUT2D eigenvalue weighted by molar-refractivity contribution is -0.117. The molecule has 0 bridgehead atoms. The van der Waals surface area contributed by atoms with Crippen molar-refractivity contribution in [2.45, 2.75) is 18.9 Å². The summed E-state index contributed by atoms with van der Waals surface area (Å²) in [6.07, 6.45) is 2.08. The summed E-state index contributed by atoms with van der Waals surface area (Å²) in [5, 5.41) is 0. The van der Waals surface area contributed by atoms with Crippen molar-refractivity contribution in [3.63, 3.8) is 0 Å². The van der Waals surface area contributed by atoms with Crippen molar-refractivity contribution in [2.24, 2.45) is 0 Å². The van der Waals surface area contributed by atoms with E-state index < -0.39 is 5.54 Å². The minimum atomic E-state index is -1.03. The number of anilines is 1. The molecule has 0 N–H and O–H groups in total. The highest BCUT2D eigenvalue weighted by atomic mass is 16.2. The van der Waals surface area contributed by atoms with Crippen LogP contribution in [0.15, 0.2) is 67.3 Å². The van der Waals surface area contributed by atoms with E-state index in [1.807, 2.05) is 48.5 Å². The Bertz CT molecular complexity index is 751. The molecule has 0 unspecified atom stereocenters. The first-order valence-corrected chi connectivity index (χ1v) is 7.24. The van der Waals surface area contributed by atoms with Crippen LogP contribution in [0.25, 0.3) is 0 Å². The lowest BCUT2D eigenvalue weighted by atomic mass is 9.81. The van der Waals surface area contributed by atoms with Crippen molar-refractivity contribution in [1.82, 2.24) is 0 Å². The molecule has 0 saturated carbocycles. The first-order chi connectivity index (χ1) is 10.6. The van der Waals surface area contributed by atoms with Gasteiger partial charge in [0.2, 0.25) is 5.91 Å². The van der Waals surface area contributed by atoms with Crippen molar-refractivity contribution in [2.75, 3.05) is 4.90 Å². The Morgan fingerprint density at radius 3 is 2.41 bits per heavy atom. The smallest absolute Gasteiger partial charge is 0.225 e. The normalized spacial score (nSPS) is 19.9. The number of amides is 1. The number of Topliss-reactive ketones (excluding diaryl/α,β-unsaturated/α-hetero) is 1. The molecular weight excluding hydrogens is 274 g/mol. The third kappa shape index (κ3) is 1.82. The van der Waals surface area contributed by atoms with Gasteiger partial charge < -0.3 is 0 Å². The van der Waals surface area contributed by atoms with Gasteiger partial charge in [0.05, 0.1) is 5.69 Å². The van der Waals surface area contributed by atoms with E-state index in [1.54, 1.807) is 17.0 Å². The molecule has 0 fully saturated rings. The summed E-state index contributed by atoms with van der Waals surface area (Å²) >= 11 is 0. The summed E-state index contributed by atoms with van der Waals surface area (Å²) in [4.78, 5) is 27.2. The maximum absolute atomic E-state index is 13.2. The van der Waals surface area contributed by atoms with Crippen molar-refractivity contribution in [3.8, 4) is 0 Å². The Balaban J connectivity index is 2.32. The Hall–Kier alpha value is -2.68. The lowest BCUT2D eigenvalue weighted by Gasteiger charge is -2.36. The predicted octanol–water partition coefficient (Wildman–Crippen LogP) is 3.71. The molecule has 1 amide bonds. The zero-order valence-corrected chi connectivity index (χ0v) is 12.5. The number of hydrogen-bond donors (Lipinski definition) is 0. The monoisotopic (exact) mass is 291 g/mol.